The minimum atomic E-state index is -4.61. The molecule has 0 amide bonds. The minimum absolute atomic E-state index is 0.0472. The highest BCUT2D eigenvalue weighted by Gasteiger charge is 2.35. The number of rotatable bonds is 2. The summed E-state index contributed by atoms with van der Waals surface area (Å²) in [5.74, 6) is -0.407. The Morgan fingerprint density at radius 2 is 2.00 bits per heavy atom. The Kier molecular flexibility index (Phi) is 3.12. The lowest BCUT2D eigenvalue weighted by atomic mass is 9.79. The largest absolute Gasteiger partial charge is 0.417 e. The van der Waals surface area contributed by atoms with Crippen LogP contribution in [0.2, 0.25) is 0 Å². The molecule has 1 fully saturated rings. The van der Waals surface area contributed by atoms with Crippen LogP contribution in [0.15, 0.2) is 18.2 Å². The molecule has 0 unspecified atom stereocenters. The zero-order valence-corrected chi connectivity index (χ0v) is 9.42. The number of hydrogen-bond donors (Lipinski definition) is 0. The monoisotopic (exact) mass is 253 g/mol. The van der Waals surface area contributed by atoms with Gasteiger partial charge >= 0.3 is 6.18 Å². The van der Waals surface area contributed by atoms with E-state index in [4.69, 9.17) is 5.26 Å². The molecular weight excluding hydrogens is 243 g/mol. The molecular formula is C13H10F3NO. The summed E-state index contributed by atoms with van der Waals surface area (Å²) in [4.78, 5) is 11.9. The second kappa shape index (κ2) is 4.45. The predicted molar refractivity (Wildman–Crippen MR) is 57.8 cm³/mol. The number of alkyl halides is 3. The van der Waals surface area contributed by atoms with Crippen molar-refractivity contribution in [1.82, 2.24) is 0 Å². The SMILES string of the molecule is N#Cc1ccc(C(=O)C2CCC2)cc1C(F)(F)F. The van der Waals surface area contributed by atoms with Gasteiger partial charge in [-0.1, -0.05) is 12.5 Å². The van der Waals surface area contributed by atoms with E-state index in [2.05, 4.69) is 0 Å². The van der Waals surface area contributed by atoms with Crippen LogP contribution in [0.1, 0.15) is 40.7 Å². The van der Waals surface area contributed by atoms with Gasteiger partial charge in [0.25, 0.3) is 0 Å². The van der Waals surface area contributed by atoms with Crippen LogP contribution < -0.4 is 0 Å². The van der Waals surface area contributed by atoms with E-state index in [0.29, 0.717) is 0 Å². The third kappa shape index (κ3) is 2.23. The first-order valence-electron chi connectivity index (χ1n) is 5.59. The molecule has 94 valence electrons. The van der Waals surface area contributed by atoms with E-state index in [9.17, 15) is 18.0 Å². The molecule has 1 aromatic carbocycles. The Hall–Kier alpha value is -1.83. The number of benzene rings is 1. The van der Waals surface area contributed by atoms with Crippen molar-refractivity contribution in [1.29, 1.82) is 5.26 Å². The number of ketones is 1. The van der Waals surface area contributed by atoms with E-state index in [1.807, 2.05) is 0 Å². The van der Waals surface area contributed by atoms with E-state index in [1.54, 1.807) is 0 Å². The third-order valence-electron chi connectivity index (χ3n) is 3.21. The first kappa shape index (κ1) is 12.6. The van der Waals surface area contributed by atoms with Gasteiger partial charge in [-0.05, 0) is 25.0 Å². The van der Waals surface area contributed by atoms with Crippen molar-refractivity contribution in [3.63, 3.8) is 0 Å². The van der Waals surface area contributed by atoms with Gasteiger partial charge in [0.15, 0.2) is 5.78 Å². The Labute approximate surface area is 102 Å². The maximum Gasteiger partial charge on any atom is 0.417 e. The van der Waals surface area contributed by atoms with Crippen molar-refractivity contribution < 1.29 is 18.0 Å². The first-order valence-corrected chi connectivity index (χ1v) is 5.59. The third-order valence-corrected chi connectivity index (χ3v) is 3.21. The van der Waals surface area contributed by atoms with Gasteiger partial charge < -0.3 is 0 Å². The highest BCUT2D eigenvalue weighted by atomic mass is 19.4. The van der Waals surface area contributed by atoms with Crippen LogP contribution in [-0.2, 0) is 6.18 Å². The lowest BCUT2D eigenvalue weighted by Crippen LogP contribution is -2.22. The molecule has 0 atom stereocenters. The van der Waals surface area contributed by atoms with Crippen LogP contribution >= 0.6 is 0 Å². The van der Waals surface area contributed by atoms with Crippen molar-refractivity contribution in [3.8, 4) is 6.07 Å². The van der Waals surface area contributed by atoms with Gasteiger partial charge in [0, 0.05) is 11.5 Å². The minimum Gasteiger partial charge on any atom is -0.294 e. The molecule has 1 aromatic rings. The summed E-state index contributed by atoms with van der Waals surface area (Å²) >= 11 is 0. The Morgan fingerprint density at radius 1 is 1.33 bits per heavy atom. The molecule has 0 bridgehead atoms. The zero-order valence-electron chi connectivity index (χ0n) is 9.42. The van der Waals surface area contributed by atoms with Crippen LogP contribution in [0.25, 0.3) is 0 Å². The van der Waals surface area contributed by atoms with E-state index >= 15 is 0 Å². The Balaban J connectivity index is 2.40. The van der Waals surface area contributed by atoms with Crippen LogP contribution in [-0.4, -0.2) is 5.78 Å². The average Bonchev–Trinajstić information content (AvgIpc) is 2.24. The summed E-state index contributed by atoms with van der Waals surface area (Å²) in [6.07, 6.45) is -2.19. The van der Waals surface area contributed by atoms with E-state index in [1.165, 1.54) is 12.1 Å². The molecule has 0 radical (unpaired) electrons. The van der Waals surface area contributed by atoms with Gasteiger partial charge in [0.05, 0.1) is 17.2 Å². The molecule has 5 heteroatoms. The number of carbonyl (C=O) groups is 1. The number of carbonyl (C=O) groups excluding carboxylic acids is 1. The van der Waals surface area contributed by atoms with Gasteiger partial charge in [-0.3, -0.25) is 4.79 Å². The molecule has 0 heterocycles. The van der Waals surface area contributed by atoms with Crippen LogP contribution in [0.4, 0.5) is 13.2 Å². The van der Waals surface area contributed by atoms with Crippen molar-refractivity contribution in [2.45, 2.75) is 25.4 Å². The number of nitriles is 1. The average molecular weight is 253 g/mol. The first-order chi connectivity index (χ1) is 8.43. The summed E-state index contributed by atoms with van der Waals surface area (Å²) in [7, 11) is 0. The van der Waals surface area contributed by atoms with E-state index in [-0.39, 0.29) is 17.3 Å². The Morgan fingerprint density at radius 3 is 2.44 bits per heavy atom. The van der Waals surface area contributed by atoms with Crippen LogP contribution in [0.3, 0.4) is 0 Å². The molecule has 2 rings (SSSR count). The summed E-state index contributed by atoms with van der Waals surface area (Å²) in [6.45, 7) is 0. The topological polar surface area (TPSA) is 40.9 Å². The number of hydrogen-bond acceptors (Lipinski definition) is 2. The van der Waals surface area contributed by atoms with Crippen LogP contribution in [0, 0.1) is 17.2 Å². The molecule has 0 aliphatic heterocycles. The zero-order chi connectivity index (χ0) is 13.3. The maximum absolute atomic E-state index is 12.7. The second-order valence-electron chi connectivity index (χ2n) is 4.36. The predicted octanol–water partition coefficient (Wildman–Crippen LogP) is 3.56. The molecule has 0 spiro atoms. The highest BCUT2D eigenvalue weighted by Crippen LogP contribution is 2.35. The van der Waals surface area contributed by atoms with Gasteiger partial charge in [0.2, 0.25) is 0 Å². The second-order valence-corrected chi connectivity index (χ2v) is 4.36. The van der Waals surface area contributed by atoms with Crippen LogP contribution in [0.5, 0.6) is 0 Å². The van der Waals surface area contributed by atoms with E-state index < -0.39 is 17.3 Å². The fourth-order valence-corrected chi connectivity index (χ4v) is 1.94. The maximum atomic E-state index is 12.7. The quantitative estimate of drug-likeness (QED) is 0.756. The molecule has 1 aliphatic carbocycles. The summed E-state index contributed by atoms with van der Waals surface area (Å²) in [6, 6.07) is 4.65. The summed E-state index contributed by atoms with van der Waals surface area (Å²) in [5, 5.41) is 8.64. The molecule has 0 N–H and O–H groups in total. The Bertz CT molecular complexity index is 524. The molecule has 1 aliphatic rings. The molecule has 0 saturated heterocycles. The van der Waals surface area contributed by atoms with Gasteiger partial charge in [-0.2, -0.15) is 18.4 Å². The standard InChI is InChI=1S/C13H10F3NO/c14-13(15,16)11-6-9(4-5-10(11)7-17)12(18)8-2-1-3-8/h4-6,8H,1-3H2. The van der Waals surface area contributed by atoms with Gasteiger partial charge in [-0.15, -0.1) is 0 Å². The molecule has 1 saturated carbocycles. The fraction of sp³-hybridized carbons (Fsp3) is 0.385. The fourth-order valence-electron chi connectivity index (χ4n) is 1.94. The lowest BCUT2D eigenvalue weighted by Gasteiger charge is -2.24. The lowest BCUT2D eigenvalue weighted by molar-refractivity contribution is -0.137. The van der Waals surface area contributed by atoms with Crippen molar-refractivity contribution in [2.75, 3.05) is 0 Å². The number of Topliss-reactive ketones (excluding diaryl/α,β-unsaturated/α-hetero) is 1. The van der Waals surface area contributed by atoms with E-state index in [0.717, 1.165) is 31.4 Å². The smallest absolute Gasteiger partial charge is 0.294 e. The number of halogens is 3. The molecule has 18 heavy (non-hydrogen) atoms. The molecule has 0 aromatic heterocycles. The van der Waals surface area contributed by atoms with Crippen molar-refractivity contribution in [3.05, 3.63) is 34.9 Å². The normalized spacial score (nSPS) is 15.9. The highest BCUT2D eigenvalue weighted by molar-refractivity contribution is 5.98. The van der Waals surface area contributed by atoms with Crippen molar-refractivity contribution in [2.24, 2.45) is 5.92 Å². The summed E-state index contributed by atoms with van der Waals surface area (Å²) < 4.78 is 38.1. The number of nitrogens with zero attached hydrogens (tertiary/aromatic N) is 1. The van der Waals surface area contributed by atoms with Crippen molar-refractivity contribution >= 4 is 5.78 Å². The summed E-state index contributed by atoms with van der Waals surface area (Å²) in [5.41, 5.74) is -1.44. The molecule has 2 nitrogen and oxygen atoms in total. The van der Waals surface area contributed by atoms with Gasteiger partial charge in [0.1, 0.15) is 0 Å². The van der Waals surface area contributed by atoms with Gasteiger partial charge in [-0.25, -0.2) is 0 Å².